The van der Waals surface area contributed by atoms with Gasteiger partial charge < -0.3 is 10.6 Å². The Labute approximate surface area is 167 Å². The summed E-state index contributed by atoms with van der Waals surface area (Å²) in [4.78, 5) is 13.0. The summed E-state index contributed by atoms with van der Waals surface area (Å²) in [5.41, 5.74) is 2.57. The molecule has 3 aromatic rings. The molecule has 4 rings (SSSR count). The molecule has 0 heterocycles. The molecule has 1 fully saturated rings. The average molecular weight is 373 g/mol. The van der Waals surface area contributed by atoms with Gasteiger partial charge >= 0.3 is 0 Å². The summed E-state index contributed by atoms with van der Waals surface area (Å²) in [6.07, 6.45) is 8.49. The molecule has 1 saturated carbocycles. The smallest absolute Gasteiger partial charge is 0.253 e. The molecule has 0 aliphatic heterocycles. The summed E-state index contributed by atoms with van der Waals surface area (Å²) in [5, 5.41) is 9.12. The number of anilines is 2. The van der Waals surface area contributed by atoms with E-state index in [0.717, 1.165) is 29.6 Å². The van der Waals surface area contributed by atoms with Gasteiger partial charge in [-0.2, -0.15) is 0 Å². The first-order valence-corrected chi connectivity index (χ1v) is 10.5. The van der Waals surface area contributed by atoms with Gasteiger partial charge in [-0.15, -0.1) is 0 Å². The van der Waals surface area contributed by atoms with Crippen molar-refractivity contribution in [3.8, 4) is 0 Å². The highest BCUT2D eigenvalue weighted by atomic mass is 16.1. The van der Waals surface area contributed by atoms with Crippen LogP contribution >= 0.6 is 0 Å². The number of nitrogens with one attached hydrogen (secondary N) is 2. The van der Waals surface area contributed by atoms with Crippen LogP contribution in [0, 0.1) is 0 Å². The van der Waals surface area contributed by atoms with Crippen LogP contribution in [-0.4, -0.2) is 11.9 Å². The van der Waals surface area contributed by atoms with Gasteiger partial charge in [0.15, 0.2) is 0 Å². The van der Waals surface area contributed by atoms with Crippen molar-refractivity contribution in [2.45, 2.75) is 51.0 Å². The predicted octanol–water partition coefficient (Wildman–Crippen LogP) is 6.43. The fourth-order valence-electron chi connectivity index (χ4n) is 4.13. The van der Waals surface area contributed by atoms with Gasteiger partial charge in [-0.05, 0) is 36.4 Å². The number of carbonyl (C=O) groups is 1. The molecule has 3 heteroatoms. The van der Waals surface area contributed by atoms with Crippen LogP contribution in [0.2, 0.25) is 0 Å². The van der Waals surface area contributed by atoms with E-state index >= 15 is 0 Å². The molecule has 144 valence electrons. The summed E-state index contributed by atoms with van der Waals surface area (Å²) in [6.45, 7) is 0. The molecule has 2 N–H and O–H groups in total. The number of para-hydroxylation sites is 1. The molecular formula is C25H28N2O. The topological polar surface area (TPSA) is 41.1 Å². The van der Waals surface area contributed by atoms with Crippen molar-refractivity contribution in [3.63, 3.8) is 0 Å². The lowest BCUT2D eigenvalue weighted by molar-refractivity contribution is 0.0931. The van der Waals surface area contributed by atoms with Crippen LogP contribution in [0.4, 0.5) is 11.4 Å². The summed E-state index contributed by atoms with van der Waals surface area (Å²) in [7, 11) is 0. The van der Waals surface area contributed by atoms with Crippen molar-refractivity contribution in [2.24, 2.45) is 0 Å². The van der Waals surface area contributed by atoms with E-state index in [4.69, 9.17) is 0 Å². The Kier molecular flexibility index (Phi) is 5.91. The summed E-state index contributed by atoms with van der Waals surface area (Å²) in [5.74, 6) is 0.0221. The van der Waals surface area contributed by atoms with Crippen LogP contribution in [0.5, 0.6) is 0 Å². The second kappa shape index (κ2) is 8.92. The zero-order chi connectivity index (χ0) is 19.2. The molecule has 3 nitrogen and oxygen atoms in total. The van der Waals surface area contributed by atoms with Crippen molar-refractivity contribution in [1.82, 2.24) is 5.32 Å². The highest BCUT2D eigenvalue weighted by molar-refractivity contribution is 6.02. The van der Waals surface area contributed by atoms with Crippen LogP contribution in [0.25, 0.3) is 10.8 Å². The first-order valence-electron chi connectivity index (χ1n) is 10.5. The van der Waals surface area contributed by atoms with Crippen LogP contribution < -0.4 is 10.6 Å². The normalized spacial score (nSPS) is 15.6. The fourth-order valence-corrected chi connectivity index (χ4v) is 4.13. The minimum Gasteiger partial charge on any atom is -0.354 e. The van der Waals surface area contributed by atoms with E-state index in [9.17, 15) is 4.79 Å². The number of carbonyl (C=O) groups excluding carboxylic acids is 1. The maximum absolute atomic E-state index is 13.0. The Bertz CT molecular complexity index is 937. The molecule has 0 spiro atoms. The maximum Gasteiger partial charge on any atom is 0.253 e. The maximum atomic E-state index is 13.0. The number of rotatable bonds is 4. The minimum absolute atomic E-state index is 0.0221. The Balaban J connectivity index is 1.55. The number of hydrogen-bond donors (Lipinski definition) is 2. The Morgan fingerprint density at radius 1 is 0.714 bits per heavy atom. The predicted molar refractivity (Wildman–Crippen MR) is 117 cm³/mol. The second-order valence-electron chi connectivity index (χ2n) is 7.71. The van der Waals surface area contributed by atoms with E-state index in [1.807, 2.05) is 42.5 Å². The van der Waals surface area contributed by atoms with Gasteiger partial charge in [0.1, 0.15) is 0 Å². The summed E-state index contributed by atoms with van der Waals surface area (Å²) >= 11 is 0. The van der Waals surface area contributed by atoms with Gasteiger partial charge in [-0.1, -0.05) is 80.6 Å². The third kappa shape index (κ3) is 4.36. The minimum atomic E-state index is 0.0221. The number of hydrogen-bond acceptors (Lipinski definition) is 2. The number of amides is 1. The zero-order valence-corrected chi connectivity index (χ0v) is 16.3. The molecular weight excluding hydrogens is 344 g/mol. The van der Waals surface area contributed by atoms with Crippen LogP contribution in [0.3, 0.4) is 0 Å². The molecule has 1 aliphatic carbocycles. The average Bonchev–Trinajstić information content (AvgIpc) is 2.70. The monoisotopic (exact) mass is 372 g/mol. The number of fused-ring (bicyclic) bond motifs is 1. The Hall–Kier alpha value is -2.81. The van der Waals surface area contributed by atoms with E-state index in [1.165, 1.54) is 37.5 Å². The molecule has 0 bridgehead atoms. The lowest BCUT2D eigenvalue weighted by Crippen LogP contribution is -2.35. The Morgan fingerprint density at radius 3 is 2.21 bits per heavy atom. The van der Waals surface area contributed by atoms with Crippen molar-refractivity contribution in [1.29, 1.82) is 0 Å². The second-order valence-corrected chi connectivity index (χ2v) is 7.71. The van der Waals surface area contributed by atoms with E-state index in [1.54, 1.807) is 0 Å². The molecule has 0 saturated heterocycles. The highest BCUT2D eigenvalue weighted by Gasteiger charge is 2.17. The van der Waals surface area contributed by atoms with Gasteiger partial charge in [0.2, 0.25) is 0 Å². The molecule has 0 radical (unpaired) electrons. The summed E-state index contributed by atoms with van der Waals surface area (Å²) < 4.78 is 0. The first-order chi connectivity index (χ1) is 13.8. The lowest BCUT2D eigenvalue weighted by Gasteiger charge is -2.22. The molecule has 3 aromatic carbocycles. The fraction of sp³-hybridized carbons (Fsp3) is 0.320. The van der Waals surface area contributed by atoms with Gasteiger partial charge in [0.25, 0.3) is 5.91 Å². The van der Waals surface area contributed by atoms with Crippen molar-refractivity contribution >= 4 is 28.1 Å². The van der Waals surface area contributed by atoms with Crippen LogP contribution in [0.15, 0.2) is 66.7 Å². The molecule has 0 unspecified atom stereocenters. The van der Waals surface area contributed by atoms with Gasteiger partial charge in [0.05, 0.1) is 11.3 Å². The molecule has 1 aliphatic rings. The third-order valence-electron chi connectivity index (χ3n) is 5.67. The van der Waals surface area contributed by atoms with Gasteiger partial charge in [-0.3, -0.25) is 4.79 Å². The highest BCUT2D eigenvalue weighted by Crippen LogP contribution is 2.28. The number of benzene rings is 3. The van der Waals surface area contributed by atoms with Crippen molar-refractivity contribution < 1.29 is 4.79 Å². The Morgan fingerprint density at radius 2 is 1.36 bits per heavy atom. The zero-order valence-electron chi connectivity index (χ0n) is 16.3. The quantitative estimate of drug-likeness (QED) is 0.554. The molecule has 0 aromatic heterocycles. The standard InChI is InChI=1S/C25H28N2O/c28-25(26-20-13-4-2-1-3-5-14-20)22-16-8-9-17-24(22)27-23-18-10-12-19-11-6-7-15-21(19)23/h6-12,15-18,20,27H,1-5,13-14H2,(H,26,28). The van der Waals surface area contributed by atoms with Crippen molar-refractivity contribution in [3.05, 3.63) is 72.3 Å². The largest absolute Gasteiger partial charge is 0.354 e. The van der Waals surface area contributed by atoms with Crippen LogP contribution in [-0.2, 0) is 0 Å². The van der Waals surface area contributed by atoms with Gasteiger partial charge in [0, 0.05) is 17.1 Å². The van der Waals surface area contributed by atoms with E-state index in [-0.39, 0.29) is 5.91 Å². The SMILES string of the molecule is O=C(NC1CCCCCCC1)c1ccccc1Nc1cccc2ccccc12. The van der Waals surface area contributed by atoms with E-state index in [0.29, 0.717) is 11.6 Å². The van der Waals surface area contributed by atoms with Crippen molar-refractivity contribution in [2.75, 3.05) is 5.32 Å². The van der Waals surface area contributed by atoms with Crippen LogP contribution in [0.1, 0.15) is 55.3 Å². The molecule has 1 amide bonds. The first kappa shape index (κ1) is 18.5. The third-order valence-corrected chi connectivity index (χ3v) is 5.67. The van der Waals surface area contributed by atoms with E-state index in [2.05, 4.69) is 34.9 Å². The molecule has 28 heavy (non-hydrogen) atoms. The summed E-state index contributed by atoms with van der Waals surface area (Å²) in [6, 6.07) is 22.6. The van der Waals surface area contributed by atoms with Gasteiger partial charge in [-0.25, -0.2) is 0 Å². The molecule has 0 atom stereocenters. The van der Waals surface area contributed by atoms with E-state index < -0.39 is 0 Å². The lowest BCUT2D eigenvalue weighted by atomic mass is 9.96.